The molecule has 0 spiro atoms. The number of piperazine rings is 1. The highest BCUT2D eigenvalue weighted by Gasteiger charge is 2.25. The van der Waals surface area contributed by atoms with E-state index in [1.165, 1.54) is 10.9 Å². The molecule has 3 heterocycles. The maximum Gasteiger partial charge on any atom is 0.289 e. The van der Waals surface area contributed by atoms with Crippen molar-refractivity contribution in [2.24, 2.45) is 0 Å². The fraction of sp³-hybridized carbons (Fsp3) is 0.333. The van der Waals surface area contributed by atoms with Crippen molar-refractivity contribution in [2.75, 3.05) is 26.2 Å². The van der Waals surface area contributed by atoms with Crippen LogP contribution in [0.2, 0.25) is 0 Å². The molecule has 7 nitrogen and oxygen atoms in total. The Hall–Kier alpha value is -3.58. The third-order valence-corrected chi connectivity index (χ3v) is 6.40. The first kappa shape index (κ1) is 22.2. The molecule has 0 unspecified atom stereocenters. The number of hydrogen-bond acceptors (Lipinski definition) is 5. The fourth-order valence-electron chi connectivity index (χ4n) is 4.36. The van der Waals surface area contributed by atoms with E-state index in [2.05, 4.69) is 42.2 Å². The van der Waals surface area contributed by atoms with Gasteiger partial charge in [-0.15, -0.1) is 0 Å². The number of fused-ring (bicyclic) bond motifs is 1. The normalized spacial score (nSPS) is 14.6. The molecule has 1 aliphatic rings. The molecule has 0 aliphatic carbocycles. The number of hydrogen-bond donors (Lipinski definition) is 0. The maximum absolute atomic E-state index is 13.0. The average molecular weight is 459 g/mol. The van der Waals surface area contributed by atoms with Crippen LogP contribution in [-0.4, -0.2) is 51.7 Å². The Morgan fingerprint density at radius 1 is 1.03 bits per heavy atom. The van der Waals surface area contributed by atoms with E-state index < -0.39 is 0 Å². The summed E-state index contributed by atoms with van der Waals surface area (Å²) in [6.07, 6.45) is 2.12. The quantitative estimate of drug-likeness (QED) is 0.408. The van der Waals surface area contributed by atoms with Crippen LogP contribution in [-0.2, 0) is 19.7 Å². The SMILES string of the molecule is CCn1cc(CN2CCN(C(=O)c3ccc(COc4ccc5ccccc5c4)o3)CC2)c(C)n1. The fourth-order valence-corrected chi connectivity index (χ4v) is 4.36. The highest BCUT2D eigenvalue weighted by molar-refractivity contribution is 5.91. The summed E-state index contributed by atoms with van der Waals surface area (Å²) < 4.78 is 13.7. The molecule has 0 saturated carbocycles. The van der Waals surface area contributed by atoms with Gasteiger partial charge < -0.3 is 14.1 Å². The van der Waals surface area contributed by atoms with E-state index in [0.29, 0.717) is 24.6 Å². The van der Waals surface area contributed by atoms with Gasteiger partial charge in [-0.3, -0.25) is 14.4 Å². The number of benzene rings is 2. The average Bonchev–Trinajstić information content (AvgIpc) is 3.49. The van der Waals surface area contributed by atoms with Crippen molar-refractivity contribution < 1.29 is 13.9 Å². The zero-order valence-corrected chi connectivity index (χ0v) is 19.7. The van der Waals surface area contributed by atoms with E-state index in [4.69, 9.17) is 9.15 Å². The summed E-state index contributed by atoms with van der Waals surface area (Å²) in [5.74, 6) is 1.72. The summed E-state index contributed by atoms with van der Waals surface area (Å²) >= 11 is 0. The number of rotatable bonds is 7. The molecule has 1 aliphatic heterocycles. The van der Waals surface area contributed by atoms with Crippen LogP contribution in [0.15, 0.2) is 65.2 Å². The molecule has 2 aromatic carbocycles. The lowest BCUT2D eigenvalue weighted by atomic mass is 10.1. The van der Waals surface area contributed by atoms with Crippen LogP contribution in [0.5, 0.6) is 5.75 Å². The van der Waals surface area contributed by atoms with E-state index in [-0.39, 0.29) is 12.5 Å². The lowest BCUT2D eigenvalue weighted by molar-refractivity contribution is 0.0594. The Balaban J connectivity index is 1.13. The first-order valence-corrected chi connectivity index (χ1v) is 11.8. The predicted molar refractivity (Wildman–Crippen MR) is 131 cm³/mol. The van der Waals surface area contributed by atoms with Gasteiger partial charge in [-0.25, -0.2) is 0 Å². The lowest BCUT2D eigenvalue weighted by Crippen LogP contribution is -2.48. The van der Waals surface area contributed by atoms with Crippen molar-refractivity contribution in [3.63, 3.8) is 0 Å². The highest BCUT2D eigenvalue weighted by Crippen LogP contribution is 2.22. The summed E-state index contributed by atoms with van der Waals surface area (Å²) in [4.78, 5) is 17.2. The lowest BCUT2D eigenvalue weighted by Gasteiger charge is -2.34. The number of ether oxygens (including phenoxy) is 1. The minimum atomic E-state index is -0.0633. The Morgan fingerprint density at radius 3 is 2.59 bits per heavy atom. The number of furan rings is 1. The first-order chi connectivity index (χ1) is 16.6. The van der Waals surface area contributed by atoms with Gasteiger partial charge in [-0.05, 0) is 48.9 Å². The largest absolute Gasteiger partial charge is 0.486 e. The Kier molecular flexibility index (Phi) is 6.36. The van der Waals surface area contributed by atoms with Gasteiger partial charge in [0.1, 0.15) is 18.1 Å². The summed E-state index contributed by atoms with van der Waals surface area (Å²) in [6, 6.07) is 17.7. The molecule has 34 heavy (non-hydrogen) atoms. The number of carbonyl (C=O) groups excluding carboxylic acids is 1. The van der Waals surface area contributed by atoms with Gasteiger partial charge >= 0.3 is 0 Å². The molecule has 1 amide bonds. The number of aryl methyl sites for hydroxylation is 2. The van der Waals surface area contributed by atoms with Crippen LogP contribution < -0.4 is 4.74 Å². The van der Waals surface area contributed by atoms with Crippen LogP contribution in [0.3, 0.4) is 0 Å². The maximum atomic E-state index is 13.0. The van der Waals surface area contributed by atoms with Gasteiger partial charge in [0.2, 0.25) is 0 Å². The summed E-state index contributed by atoms with van der Waals surface area (Å²) in [5.41, 5.74) is 2.33. The van der Waals surface area contributed by atoms with Crippen molar-refractivity contribution in [1.29, 1.82) is 0 Å². The number of carbonyl (C=O) groups is 1. The zero-order chi connectivity index (χ0) is 23.5. The molecular formula is C27H30N4O3. The Bertz CT molecular complexity index is 1280. The van der Waals surface area contributed by atoms with Gasteiger partial charge in [-0.1, -0.05) is 30.3 Å². The van der Waals surface area contributed by atoms with Crippen LogP contribution in [0.4, 0.5) is 0 Å². The molecule has 2 aromatic heterocycles. The summed E-state index contributed by atoms with van der Waals surface area (Å²) in [5, 5.41) is 6.83. The van der Waals surface area contributed by atoms with Gasteiger partial charge in [0.25, 0.3) is 5.91 Å². The number of aromatic nitrogens is 2. The van der Waals surface area contributed by atoms with E-state index in [0.717, 1.165) is 43.0 Å². The van der Waals surface area contributed by atoms with Crippen molar-refractivity contribution in [3.05, 3.63) is 83.6 Å². The van der Waals surface area contributed by atoms with Crippen molar-refractivity contribution in [2.45, 2.75) is 33.5 Å². The second-order valence-corrected chi connectivity index (χ2v) is 8.73. The first-order valence-electron chi connectivity index (χ1n) is 11.8. The van der Waals surface area contributed by atoms with Gasteiger partial charge in [-0.2, -0.15) is 5.10 Å². The van der Waals surface area contributed by atoms with Crippen molar-refractivity contribution >= 4 is 16.7 Å². The number of amides is 1. The molecule has 0 radical (unpaired) electrons. The second-order valence-electron chi connectivity index (χ2n) is 8.73. The predicted octanol–water partition coefficient (Wildman–Crippen LogP) is 4.49. The minimum absolute atomic E-state index is 0.0633. The van der Waals surface area contributed by atoms with Crippen LogP contribution in [0.25, 0.3) is 10.8 Å². The van der Waals surface area contributed by atoms with Crippen LogP contribution in [0.1, 0.15) is 34.5 Å². The molecule has 5 rings (SSSR count). The topological polar surface area (TPSA) is 63.7 Å². The molecule has 0 N–H and O–H groups in total. The number of nitrogens with zero attached hydrogens (tertiary/aromatic N) is 4. The minimum Gasteiger partial charge on any atom is -0.486 e. The molecule has 0 atom stereocenters. The molecule has 176 valence electrons. The molecule has 0 bridgehead atoms. The van der Waals surface area contributed by atoms with E-state index in [9.17, 15) is 4.79 Å². The standard InChI is InChI=1S/C27H30N4O3/c1-3-31-18-23(20(2)28-31)17-29-12-14-30(15-13-29)27(32)26-11-10-25(34-26)19-33-24-9-8-21-6-4-5-7-22(21)16-24/h4-11,16,18H,3,12-15,17,19H2,1-2H3. The third-order valence-electron chi connectivity index (χ3n) is 6.40. The summed E-state index contributed by atoms with van der Waals surface area (Å²) in [6.45, 7) is 9.21. The highest BCUT2D eigenvalue weighted by atomic mass is 16.5. The van der Waals surface area contributed by atoms with Gasteiger partial charge in [0, 0.05) is 51.0 Å². The van der Waals surface area contributed by atoms with Crippen LogP contribution in [0, 0.1) is 6.92 Å². The molecule has 7 heteroatoms. The van der Waals surface area contributed by atoms with E-state index in [1.54, 1.807) is 6.07 Å². The zero-order valence-electron chi connectivity index (χ0n) is 19.7. The molecule has 1 fully saturated rings. The Labute approximate surface area is 199 Å². The van der Waals surface area contributed by atoms with Crippen molar-refractivity contribution in [1.82, 2.24) is 19.6 Å². The monoisotopic (exact) mass is 458 g/mol. The molecular weight excluding hydrogens is 428 g/mol. The smallest absolute Gasteiger partial charge is 0.289 e. The van der Waals surface area contributed by atoms with Gasteiger partial charge in [0.15, 0.2) is 5.76 Å². The summed E-state index contributed by atoms with van der Waals surface area (Å²) in [7, 11) is 0. The van der Waals surface area contributed by atoms with Crippen molar-refractivity contribution in [3.8, 4) is 5.75 Å². The van der Waals surface area contributed by atoms with Crippen LogP contribution >= 0.6 is 0 Å². The molecule has 4 aromatic rings. The molecule has 1 saturated heterocycles. The third kappa shape index (κ3) is 4.84. The Morgan fingerprint density at radius 2 is 1.82 bits per heavy atom. The second kappa shape index (κ2) is 9.73. The van der Waals surface area contributed by atoms with E-state index in [1.807, 2.05) is 46.0 Å². The van der Waals surface area contributed by atoms with Gasteiger partial charge in [0.05, 0.1) is 5.69 Å². The van der Waals surface area contributed by atoms with E-state index >= 15 is 0 Å².